The van der Waals surface area contributed by atoms with E-state index in [0.29, 0.717) is 31.1 Å². The number of ether oxygens (including phenoxy) is 4. The number of amides is 1. The Labute approximate surface area is 164 Å². The van der Waals surface area contributed by atoms with Gasteiger partial charge in [0.05, 0.1) is 31.9 Å². The summed E-state index contributed by atoms with van der Waals surface area (Å²) in [5.74, 6) is 1.90. The van der Waals surface area contributed by atoms with Gasteiger partial charge in [0, 0.05) is 19.6 Å². The van der Waals surface area contributed by atoms with Crippen LogP contribution < -0.4 is 19.5 Å². The number of nitrogens with one attached hydrogen (secondary N) is 1. The molecule has 1 fully saturated rings. The Morgan fingerprint density at radius 2 is 1.93 bits per heavy atom. The van der Waals surface area contributed by atoms with Gasteiger partial charge in [-0.05, 0) is 29.8 Å². The first-order valence-electron chi connectivity index (χ1n) is 9.39. The van der Waals surface area contributed by atoms with Gasteiger partial charge in [-0.3, -0.25) is 9.69 Å². The molecular weight excluding hydrogens is 360 g/mol. The number of para-hydroxylation sites is 1. The van der Waals surface area contributed by atoms with E-state index < -0.39 is 0 Å². The molecule has 1 atom stereocenters. The van der Waals surface area contributed by atoms with Gasteiger partial charge in [0.15, 0.2) is 11.5 Å². The Morgan fingerprint density at radius 1 is 1.14 bits per heavy atom. The standard InChI is InChI=1S/C21H24N2O5/c1-25-18-5-3-2-4-16(18)21(24)22-13-17(23-8-10-26-11-9-23)15-6-7-19-20(12-15)28-14-27-19/h2-7,12,17H,8-11,13-14H2,1H3,(H,22,24)/t17-/m0/s1. The lowest BCUT2D eigenvalue weighted by Crippen LogP contribution is -2.43. The van der Waals surface area contributed by atoms with Crippen LogP contribution in [0.5, 0.6) is 17.2 Å². The van der Waals surface area contributed by atoms with Gasteiger partial charge >= 0.3 is 0 Å². The summed E-state index contributed by atoms with van der Waals surface area (Å²) in [7, 11) is 1.56. The van der Waals surface area contributed by atoms with E-state index in [1.165, 1.54) is 0 Å². The first-order chi connectivity index (χ1) is 13.8. The van der Waals surface area contributed by atoms with Gasteiger partial charge in [0.1, 0.15) is 5.75 Å². The van der Waals surface area contributed by atoms with Crippen molar-refractivity contribution < 1.29 is 23.7 Å². The molecule has 0 spiro atoms. The molecule has 2 aromatic rings. The molecule has 1 N–H and O–H groups in total. The predicted octanol–water partition coefficient (Wildman–Crippen LogP) is 2.23. The fourth-order valence-electron chi connectivity index (χ4n) is 3.58. The smallest absolute Gasteiger partial charge is 0.255 e. The number of nitrogens with zero attached hydrogens (tertiary/aromatic N) is 1. The molecule has 1 saturated heterocycles. The number of rotatable bonds is 6. The lowest BCUT2D eigenvalue weighted by Gasteiger charge is -2.35. The summed E-state index contributed by atoms with van der Waals surface area (Å²) in [6.07, 6.45) is 0. The second-order valence-electron chi connectivity index (χ2n) is 6.69. The van der Waals surface area contributed by atoms with E-state index in [1.807, 2.05) is 30.3 Å². The summed E-state index contributed by atoms with van der Waals surface area (Å²) in [5.41, 5.74) is 1.60. The van der Waals surface area contributed by atoms with Crippen molar-refractivity contribution in [2.24, 2.45) is 0 Å². The van der Waals surface area contributed by atoms with Crippen LogP contribution in [0.2, 0.25) is 0 Å². The summed E-state index contributed by atoms with van der Waals surface area (Å²) in [6, 6.07) is 13.2. The van der Waals surface area contributed by atoms with Gasteiger partial charge in [0.25, 0.3) is 5.91 Å². The van der Waals surface area contributed by atoms with Gasteiger partial charge in [-0.2, -0.15) is 0 Å². The number of methoxy groups -OCH3 is 1. The number of hydrogen-bond acceptors (Lipinski definition) is 6. The predicted molar refractivity (Wildman–Crippen MR) is 103 cm³/mol. The number of carbonyl (C=O) groups is 1. The van der Waals surface area contributed by atoms with Crippen molar-refractivity contribution in [3.05, 3.63) is 53.6 Å². The van der Waals surface area contributed by atoms with Gasteiger partial charge < -0.3 is 24.3 Å². The van der Waals surface area contributed by atoms with Crippen LogP contribution in [0.3, 0.4) is 0 Å². The largest absolute Gasteiger partial charge is 0.496 e. The first kappa shape index (κ1) is 18.6. The van der Waals surface area contributed by atoms with Crippen molar-refractivity contribution >= 4 is 5.91 Å². The summed E-state index contributed by atoms with van der Waals surface area (Å²) < 4.78 is 21.8. The number of carbonyl (C=O) groups excluding carboxylic acids is 1. The van der Waals surface area contributed by atoms with Crippen LogP contribution in [-0.4, -0.2) is 57.6 Å². The van der Waals surface area contributed by atoms with Crippen LogP contribution in [0, 0.1) is 0 Å². The van der Waals surface area contributed by atoms with Crippen molar-refractivity contribution in [1.82, 2.24) is 10.2 Å². The molecule has 7 nitrogen and oxygen atoms in total. The van der Waals surface area contributed by atoms with Crippen molar-refractivity contribution in [2.75, 3.05) is 46.8 Å². The highest BCUT2D eigenvalue weighted by molar-refractivity contribution is 5.96. The molecule has 0 saturated carbocycles. The van der Waals surface area contributed by atoms with E-state index >= 15 is 0 Å². The number of benzene rings is 2. The molecule has 0 aromatic heterocycles. The van der Waals surface area contributed by atoms with Crippen molar-refractivity contribution in [3.63, 3.8) is 0 Å². The highest BCUT2D eigenvalue weighted by atomic mass is 16.7. The van der Waals surface area contributed by atoms with Crippen LogP contribution >= 0.6 is 0 Å². The minimum atomic E-state index is -0.156. The molecule has 0 aliphatic carbocycles. The Bertz CT molecular complexity index is 835. The topological polar surface area (TPSA) is 69.3 Å². The molecule has 148 valence electrons. The van der Waals surface area contributed by atoms with Gasteiger partial charge in [-0.25, -0.2) is 0 Å². The normalized spacial score (nSPS) is 17.2. The van der Waals surface area contributed by atoms with E-state index in [1.54, 1.807) is 19.2 Å². The molecular formula is C21H24N2O5. The fraction of sp³-hybridized carbons (Fsp3) is 0.381. The zero-order chi connectivity index (χ0) is 19.3. The summed E-state index contributed by atoms with van der Waals surface area (Å²) in [4.78, 5) is 15.1. The highest BCUT2D eigenvalue weighted by Crippen LogP contribution is 2.35. The van der Waals surface area contributed by atoms with E-state index in [-0.39, 0.29) is 18.7 Å². The minimum absolute atomic E-state index is 0.0112. The zero-order valence-corrected chi connectivity index (χ0v) is 15.8. The molecule has 1 amide bonds. The van der Waals surface area contributed by atoms with Crippen LogP contribution in [0.1, 0.15) is 22.0 Å². The van der Waals surface area contributed by atoms with Crippen molar-refractivity contribution in [1.29, 1.82) is 0 Å². The maximum Gasteiger partial charge on any atom is 0.255 e. The molecule has 4 rings (SSSR count). The van der Waals surface area contributed by atoms with E-state index in [0.717, 1.165) is 30.2 Å². The Morgan fingerprint density at radius 3 is 2.75 bits per heavy atom. The maximum absolute atomic E-state index is 12.8. The Hall–Kier alpha value is -2.77. The fourth-order valence-corrected chi connectivity index (χ4v) is 3.58. The lowest BCUT2D eigenvalue weighted by atomic mass is 10.0. The SMILES string of the molecule is COc1ccccc1C(=O)NC[C@@H](c1ccc2c(c1)OCO2)N1CCOCC1. The van der Waals surface area contributed by atoms with Gasteiger partial charge in [-0.15, -0.1) is 0 Å². The maximum atomic E-state index is 12.8. The Kier molecular flexibility index (Phi) is 5.64. The average Bonchev–Trinajstić information content (AvgIpc) is 3.22. The van der Waals surface area contributed by atoms with Gasteiger partial charge in [0.2, 0.25) is 6.79 Å². The third kappa shape index (κ3) is 3.90. The molecule has 2 heterocycles. The molecule has 7 heteroatoms. The van der Waals surface area contributed by atoms with E-state index in [4.69, 9.17) is 18.9 Å². The average molecular weight is 384 g/mol. The second-order valence-corrected chi connectivity index (χ2v) is 6.69. The third-order valence-corrected chi connectivity index (χ3v) is 5.08. The molecule has 0 bridgehead atoms. The minimum Gasteiger partial charge on any atom is -0.496 e. The quantitative estimate of drug-likeness (QED) is 0.824. The molecule has 2 aliphatic heterocycles. The summed E-state index contributed by atoms with van der Waals surface area (Å²) in [5, 5.41) is 3.06. The zero-order valence-electron chi connectivity index (χ0n) is 15.8. The van der Waals surface area contributed by atoms with Crippen LogP contribution in [-0.2, 0) is 4.74 Å². The third-order valence-electron chi connectivity index (χ3n) is 5.08. The Balaban J connectivity index is 1.53. The highest BCUT2D eigenvalue weighted by Gasteiger charge is 2.26. The van der Waals surface area contributed by atoms with Crippen molar-refractivity contribution in [3.8, 4) is 17.2 Å². The molecule has 2 aliphatic rings. The second kappa shape index (κ2) is 8.50. The number of fused-ring (bicyclic) bond motifs is 1. The molecule has 0 radical (unpaired) electrons. The summed E-state index contributed by atoms with van der Waals surface area (Å²) in [6.45, 7) is 3.69. The number of morpholine rings is 1. The lowest BCUT2D eigenvalue weighted by molar-refractivity contribution is 0.0162. The van der Waals surface area contributed by atoms with Crippen LogP contribution in [0.4, 0.5) is 0 Å². The molecule has 0 unspecified atom stereocenters. The van der Waals surface area contributed by atoms with Crippen molar-refractivity contribution in [2.45, 2.75) is 6.04 Å². The van der Waals surface area contributed by atoms with E-state index in [9.17, 15) is 4.79 Å². The van der Waals surface area contributed by atoms with Gasteiger partial charge in [-0.1, -0.05) is 18.2 Å². The number of hydrogen-bond donors (Lipinski definition) is 1. The summed E-state index contributed by atoms with van der Waals surface area (Å²) >= 11 is 0. The van der Waals surface area contributed by atoms with Crippen LogP contribution in [0.25, 0.3) is 0 Å². The van der Waals surface area contributed by atoms with E-state index in [2.05, 4.69) is 10.2 Å². The molecule has 28 heavy (non-hydrogen) atoms. The van der Waals surface area contributed by atoms with Crippen LogP contribution in [0.15, 0.2) is 42.5 Å². The first-order valence-corrected chi connectivity index (χ1v) is 9.39. The monoisotopic (exact) mass is 384 g/mol. The molecule has 2 aromatic carbocycles.